The van der Waals surface area contributed by atoms with E-state index >= 15 is 0 Å². The molecule has 3 fully saturated rings. The van der Waals surface area contributed by atoms with Crippen LogP contribution in [0.1, 0.15) is 13.8 Å². The topological polar surface area (TPSA) is 117 Å². The van der Waals surface area contributed by atoms with Crippen LogP contribution >= 0.6 is 0 Å². The predicted octanol–water partition coefficient (Wildman–Crippen LogP) is -2.56. The summed E-state index contributed by atoms with van der Waals surface area (Å²) in [5.41, 5.74) is 0. The van der Waals surface area contributed by atoms with Crippen molar-refractivity contribution in [1.29, 1.82) is 0 Å². The third-order valence-electron chi connectivity index (χ3n) is 3.68. The van der Waals surface area contributed by atoms with Gasteiger partial charge in [0, 0.05) is 0 Å². The van der Waals surface area contributed by atoms with E-state index in [1.54, 1.807) is 13.8 Å². The molecule has 0 aromatic rings. The van der Waals surface area contributed by atoms with E-state index in [0.717, 1.165) is 0 Å². The molecule has 3 aliphatic heterocycles. The van der Waals surface area contributed by atoms with E-state index in [0.29, 0.717) is 0 Å². The van der Waals surface area contributed by atoms with E-state index < -0.39 is 54.5 Å². The van der Waals surface area contributed by atoms with Crippen molar-refractivity contribution < 1.29 is 34.3 Å². The fourth-order valence-corrected chi connectivity index (χ4v) is 2.78. The van der Waals surface area contributed by atoms with Gasteiger partial charge in [0.25, 0.3) is 5.91 Å². The molecule has 0 bridgehead atoms. The van der Waals surface area contributed by atoms with E-state index in [2.05, 4.69) is 5.32 Å². The van der Waals surface area contributed by atoms with E-state index in [9.17, 15) is 20.1 Å². The van der Waals surface area contributed by atoms with Crippen LogP contribution in [0, 0.1) is 0 Å². The molecule has 108 valence electrons. The second-order valence-corrected chi connectivity index (χ2v) is 5.53. The summed E-state index contributed by atoms with van der Waals surface area (Å²) < 4.78 is 16.5. The van der Waals surface area contributed by atoms with Gasteiger partial charge in [0.05, 0.1) is 6.04 Å². The molecule has 0 radical (unpaired) electrons. The molecule has 8 heteroatoms. The lowest BCUT2D eigenvalue weighted by atomic mass is 9.99. The first-order chi connectivity index (χ1) is 8.80. The maximum absolute atomic E-state index is 11.3. The van der Waals surface area contributed by atoms with Crippen molar-refractivity contribution in [3.8, 4) is 0 Å². The number of hydrogen-bond acceptors (Lipinski definition) is 7. The zero-order chi connectivity index (χ0) is 13.9. The van der Waals surface area contributed by atoms with Gasteiger partial charge in [-0.2, -0.15) is 0 Å². The van der Waals surface area contributed by atoms with Crippen LogP contribution in [0.15, 0.2) is 0 Å². The first-order valence-corrected chi connectivity index (χ1v) is 6.16. The molecule has 7 atom stereocenters. The van der Waals surface area contributed by atoms with Crippen LogP contribution in [-0.2, 0) is 19.0 Å². The molecule has 1 amide bonds. The lowest BCUT2D eigenvalue weighted by molar-refractivity contribution is -0.220. The van der Waals surface area contributed by atoms with E-state index in [1.807, 2.05) is 0 Å². The van der Waals surface area contributed by atoms with Crippen molar-refractivity contribution in [3.63, 3.8) is 0 Å². The number of ether oxygens (including phenoxy) is 3. The van der Waals surface area contributed by atoms with Crippen LogP contribution < -0.4 is 5.32 Å². The predicted molar refractivity (Wildman–Crippen MR) is 58.6 cm³/mol. The Morgan fingerprint density at radius 2 is 1.79 bits per heavy atom. The molecule has 19 heavy (non-hydrogen) atoms. The van der Waals surface area contributed by atoms with Crippen molar-refractivity contribution in [2.24, 2.45) is 0 Å². The summed E-state index contributed by atoms with van der Waals surface area (Å²) in [4.78, 5) is 11.3. The number of aliphatic hydroxyl groups excluding tert-OH is 3. The van der Waals surface area contributed by atoms with Gasteiger partial charge in [-0.05, 0) is 13.8 Å². The highest BCUT2D eigenvalue weighted by Gasteiger charge is 2.59. The summed E-state index contributed by atoms with van der Waals surface area (Å²) in [5, 5.41) is 31.7. The minimum Gasteiger partial charge on any atom is -0.388 e. The highest BCUT2D eigenvalue weighted by molar-refractivity contribution is 5.84. The second kappa shape index (κ2) is 4.11. The Morgan fingerprint density at radius 3 is 2.32 bits per heavy atom. The minimum atomic E-state index is -1.51. The molecular weight excluding hydrogens is 258 g/mol. The quantitative estimate of drug-likeness (QED) is 0.416. The molecule has 0 aliphatic carbocycles. The van der Waals surface area contributed by atoms with Crippen LogP contribution in [-0.4, -0.2) is 69.9 Å². The number of hydrogen-bond donors (Lipinski definition) is 4. The average molecular weight is 275 g/mol. The van der Waals surface area contributed by atoms with Gasteiger partial charge < -0.3 is 34.8 Å². The standard InChI is InChI=1S/C11H17NO7/c1-11(2)18-8-6(15)7(17-10(8)19-11)3-4(13)5(14)9(16)12-3/h3-8,10,13-15H,1-2H3,(H,12,16)/t3-,4-,5+,6-,7+,8+,10+/m0/s1. The number of carbonyl (C=O) groups is 1. The molecule has 3 rings (SSSR count). The highest BCUT2D eigenvalue weighted by atomic mass is 16.8. The van der Waals surface area contributed by atoms with Gasteiger partial charge in [0.2, 0.25) is 0 Å². The van der Waals surface area contributed by atoms with Gasteiger partial charge in [-0.3, -0.25) is 4.79 Å². The third kappa shape index (κ3) is 1.95. The summed E-state index contributed by atoms with van der Waals surface area (Å²) in [6.45, 7) is 3.40. The average Bonchev–Trinajstić information content (AvgIpc) is 2.86. The number of fused-ring (bicyclic) bond motifs is 1. The zero-order valence-electron chi connectivity index (χ0n) is 10.5. The van der Waals surface area contributed by atoms with Crippen molar-refractivity contribution in [2.45, 2.75) is 62.5 Å². The van der Waals surface area contributed by atoms with Crippen molar-refractivity contribution in [2.75, 3.05) is 0 Å². The highest BCUT2D eigenvalue weighted by Crippen LogP contribution is 2.39. The SMILES string of the molecule is CC1(C)O[C@H]2O[C@H]([C@H]3NC(=O)[C@H](O)[C@H]3O)[C@H](O)[C@H]2O1. The minimum absolute atomic E-state index is 0.679. The number of carbonyl (C=O) groups excluding carboxylic acids is 1. The maximum atomic E-state index is 11.3. The summed E-state index contributed by atoms with van der Waals surface area (Å²) in [7, 11) is 0. The first-order valence-electron chi connectivity index (χ1n) is 6.16. The summed E-state index contributed by atoms with van der Waals surface area (Å²) in [6.07, 6.45) is -6.23. The lowest BCUT2D eigenvalue weighted by Crippen LogP contribution is -2.50. The Morgan fingerprint density at radius 1 is 1.11 bits per heavy atom. The normalized spacial score (nSPS) is 52.3. The Bertz CT molecular complexity index is 401. The Labute approximate surface area is 109 Å². The smallest absolute Gasteiger partial charge is 0.252 e. The van der Waals surface area contributed by atoms with Gasteiger partial charge in [-0.15, -0.1) is 0 Å². The summed E-state index contributed by atoms with van der Waals surface area (Å²) >= 11 is 0. The zero-order valence-corrected chi connectivity index (χ0v) is 10.5. The van der Waals surface area contributed by atoms with Crippen LogP contribution in [0.25, 0.3) is 0 Å². The molecular formula is C11H17NO7. The van der Waals surface area contributed by atoms with Crippen molar-refractivity contribution >= 4 is 5.91 Å². The van der Waals surface area contributed by atoms with Crippen LogP contribution in [0.4, 0.5) is 0 Å². The molecule has 3 saturated heterocycles. The Hall–Kier alpha value is -0.770. The van der Waals surface area contributed by atoms with E-state index in [1.165, 1.54) is 0 Å². The van der Waals surface area contributed by atoms with Gasteiger partial charge in [0.1, 0.15) is 24.4 Å². The second-order valence-electron chi connectivity index (χ2n) is 5.53. The van der Waals surface area contributed by atoms with Crippen molar-refractivity contribution in [3.05, 3.63) is 0 Å². The van der Waals surface area contributed by atoms with Crippen LogP contribution in [0.3, 0.4) is 0 Å². The molecule has 0 aromatic heterocycles. The molecule has 0 saturated carbocycles. The molecule has 0 aromatic carbocycles. The molecule has 8 nitrogen and oxygen atoms in total. The monoisotopic (exact) mass is 275 g/mol. The maximum Gasteiger partial charge on any atom is 0.252 e. The lowest BCUT2D eigenvalue weighted by Gasteiger charge is -2.27. The third-order valence-corrected chi connectivity index (χ3v) is 3.68. The number of rotatable bonds is 1. The van der Waals surface area contributed by atoms with Crippen molar-refractivity contribution in [1.82, 2.24) is 5.32 Å². The Kier molecular flexibility index (Phi) is 2.86. The van der Waals surface area contributed by atoms with Crippen LogP contribution in [0.2, 0.25) is 0 Å². The summed E-state index contributed by atoms with van der Waals surface area (Å²) in [5.74, 6) is -1.54. The molecule has 3 aliphatic rings. The first kappa shape index (κ1) is 13.2. The molecule has 3 heterocycles. The molecule has 4 N–H and O–H groups in total. The fourth-order valence-electron chi connectivity index (χ4n) is 2.78. The van der Waals surface area contributed by atoms with Crippen LogP contribution in [0.5, 0.6) is 0 Å². The largest absolute Gasteiger partial charge is 0.388 e. The van der Waals surface area contributed by atoms with Gasteiger partial charge in [0.15, 0.2) is 18.2 Å². The number of amides is 1. The van der Waals surface area contributed by atoms with Gasteiger partial charge in [-0.1, -0.05) is 0 Å². The number of nitrogens with one attached hydrogen (secondary N) is 1. The summed E-state index contributed by atoms with van der Waals surface area (Å²) in [6, 6.07) is -0.890. The Balaban J connectivity index is 1.74. The van der Waals surface area contributed by atoms with E-state index in [-0.39, 0.29) is 0 Å². The molecule has 0 spiro atoms. The fraction of sp³-hybridized carbons (Fsp3) is 0.909. The molecule has 0 unspecified atom stereocenters. The number of aliphatic hydroxyl groups is 3. The van der Waals surface area contributed by atoms with Gasteiger partial charge >= 0.3 is 0 Å². The van der Waals surface area contributed by atoms with Gasteiger partial charge in [-0.25, -0.2) is 0 Å². The van der Waals surface area contributed by atoms with E-state index in [4.69, 9.17) is 14.2 Å².